The predicted molar refractivity (Wildman–Crippen MR) is 108 cm³/mol. The van der Waals surface area contributed by atoms with Crippen molar-refractivity contribution in [3.05, 3.63) is 72.4 Å². The molecular weight excluding hydrogens is 336 g/mol. The van der Waals surface area contributed by atoms with Crippen LogP contribution in [0.4, 0.5) is 5.69 Å². The zero-order valence-corrected chi connectivity index (χ0v) is 15.5. The van der Waals surface area contributed by atoms with Crippen LogP contribution in [0.3, 0.4) is 0 Å². The van der Waals surface area contributed by atoms with Crippen LogP contribution in [-0.4, -0.2) is 34.8 Å². The summed E-state index contributed by atoms with van der Waals surface area (Å²) in [5, 5.41) is 7.59. The summed E-state index contributed by atoms with van der Waals surface area (Å²) in [6.45, 7) is 1.67. The molecule has 1 fully saturated rings. The van der Waals surface area contributed by atoms with Crippen molar-refractivity contribution in [2.45, 2.75) is 18.9 Å². The molecule has 2 aromatic carbocycles. The third kappa shape index (κ3) is 3.72. The lowest BCUT2D eigenvalue weighted by molar-refractivity contribution is 0.0942. The second-order valence-corrected chi connectivity index (χ2v) is 6.94. The molecule has 1 amide bonds. The molecule has 0 saturated carbocycles. The molecule has 0 spiro atoms. The smallest absolute Gasteiger partial charge is 0.269 e. The Labute approximate surface area is 159 Å². The fourth-order valence-electron chi connectivity index (χ4n) is 3.74. The van der Waals surface area contributed by atoms with Gasteiger partial charge in [0.15, 0.2) is 0 Å². The second-order valence-electron chi connectivity index (χ2n) is 6.94. The first-order valence-electron chi connectivity index (χ1n) is 9.42. The van der Waals surface area contributed by atoms with E-state index in [9.17, 15) is 4.79 Å². The highest BCUT2D eigenvalue weighted by atomic mass is 16.2. The van der Waals surface area contributed by atoms with Crippen molar-refractivity contribution < 1.29 is 4.79 Å². The number of hydrogen-bond acceptors (Lipinski definition) is 3. The van der Waals surface area contributed by atoms with Crippen molar-refractivity contribution in [2.75, 3.05) is 18.0 Å². The summed E-state index contributed by atoms with van der Waals surface area (Å²) in [5.74, 6) is -0.0768. The third-order valence-corrected chi connectivity index (χ3v) is 5.15. The average Bonchev–Trinajstić information content (AvgIpc) is 3.34. The van der Waals surface area contributed by atoms with Crippen LogP contribution >= 0.6 is 0 Å². The number of benzene rings is 2. The molecule has 3 aromatic rings. The van der Waals surface area contributed by atoms with Crippen molar-refractivity contribution >= 4 is 11.6 Å². The van der Waals surface area contributed by atoms with Crippen LogP contribution in [0.1, 0.15) is 23.3 Å². The Kier molecular flexibility index (Phi) is 4.92. The normalized spacial score (nSPS) is 16.5. The molecule has 27 heavy (non-hydrogen) atoms. The maximum absolute atomic E-state index is 12.7. The monoisotopic (exact) mass is 360 g/mol. The van der Waals surface area contributed by atoms with Gasteiger partial charge in [-0.05, 0) is 31.0 Å². The van der Waals surface area contributed by atoms with E-state index in [-0.39, 0.29) is 5.91 Å². The maximum Gasteiger partial charge on any atom is 0.269 e. The van der Waals surface area contributed by atoms with Gasteiger partial charge in [-0.1, -0.05) is 48.5 Å². The first-order chi connectivity index (χ1) is 13.2. The van der Waals surface area contributed by atoms with Crippen LogP contribution in [0.15, 0.2) is 66.7 Å². The van der Waals surface area contributed by atoms with E-state index in [0.29, 0.717) is 18.3 Å². The Morgan fingerprint density at radius 1 is 1.11 bits per heavy atom. The Bertz CT molecular complexity index is 905. The van der Waals surface area contributed by atoms with E-state index in [4.69, 9.17) is 0 Å². The van der Waals surface area contributed by atoms with Crippen molar-refractivity contribution in [2.24, 2.45) is 7.05 Å². The Hall–Kier alpha value is -3.08. The van der Waals surface area contributed by atoms with Crippen LogP contribution in [-0.2, 0) is 7.05 Å². The largest absolute Gasteiger partial charge is 0.367 e. The van der Waals surface area contributed by atoms with Gasteiger partial charge >= 0.3 is 0 Å². The van der Waals surface area contributed by atoms with Crippen LogP contribution < -0.4 is 10.2 Å². The number of amides is 1. The fraction of sp³-hybridized carbons (Fsp3) is 0.273. The lowest BCUT2D eigenvalue weighted by atomic mass is 10.1. The first kappa shape index (κ1) is 17.3. The number of nitrogens with zero attached hydrogens (tertiary/aromatic N) is 3. The van der Waals surface area contributed by atoms with Gasteiger partial charge in [-0.3, -0.25) is 9.48 Å². The van der Waals surface area contributed by atoms with Crippen molar-refractivity contribution in [1.82, 2.24) is 15.1 Å². The SMILES string of the molecule is Cn1nc(-c2ccccc2)cc1C(=O)NCC1CCCN1c1ccccc1. The molecule has 0 radical (unpaired) electrons. The van der Waals surface area contributed by atoms with Gasteiger partial charge in [0, 0.05) is 37.4 Å². The van der Waals surface area contributed by atoms with Gasteiger partial charge in [0.05, 0.1) is 5.69 Å². The second kappa shape index (κ2) is 7.66. The molecular formula is C22H24N4O. The molecule has 1 atom stereocenters. The number of para-hydroxylation sites is 1. The van der Waals surface area contributed by atoms with Crippen LogP contribution in [0.25, 0.3) is 11.3 Å². The number of nitrogens with one attached hydrogen (secondary N) is 1. The van der Waals surface area contributed by atoms with E-state index in [1.54, 1.807) is 4.68 Å². The quantitative estimate of drug-likeness (QED) is 0.758. The summed E-state index contributed by atoms with van der Waals surface area (Å²) < 4.78 is 1.65. The minimum Gasteiger partial charge on any atom is -0.367 e. The summed E-state index contributed by atoms with van der Waals surface area (Å²) in [7, 11) is 1.81. The van der Waals surface area contributed by atoms with E-state index in [1.165, 1.54) is 5.69 Å². The number of hydrogen-bond donors (Lipinski definition) is 1. The lowest BCUT2D eigenvalue weighted by Gasteiger charge is -2.27. The van der Waals surface area contributed by atoms with Gasteiger partial charge in [0.25, 0.3) is 5.91 Å². The summed E-state index contributed by atoms with van der Waals surface area (Å²) in [5.41, 5.74) is 3.63. The molecule has 1 N–H and O–H groups in total. The number of anilines is 1. The highest BCUT2D eigenvalue weighted by Crippen LogP contribution is 2.25. The van der Waals surface area contributed by atoms with E-state index in [0.717, 1.165) is 30.6 Å². The summed E-state index contributed by atoms with van der Waals surface area (Å²) >= 11 is 0. The highest BCUT2D eigenvalue weighted by Gasteiger charge is 2.25. The molecule has 2 heterocycles. The molecule has 5 nitrogen and oxygen atoms in total. The van der Waals surface area contributed by atoms with Gasteiger partial charge in [-0.2, -0.15) is 5.10 Å². The minimum absolute atomic E-state index is 0.0768. The highest BCUT2D eigenvalue weighted by molar-refractivity contribution is 5.93. The third-order valence-electron chi connectivity index (χ3n) is 5.15. The molecule has 1 aromatic heterocycles. The molecule has 0 aliphatic carbocycles. The number of rotatable bonds is 5. The van der Waals surface area contributed by atoms with E-state index >= 15 is 0 Å². The fourth-order valence-corrected chi connectivity index (χ4v) is 3.74. The van der Waals surface area contributed by atoms with E-state index in [2.05, 4.69) is 39.6 Å². The van der Waals surface area contributed by atoms with Gasteiger partial charge in [-0.25, -0.2) is 0 Å². The van der Waals surface area contributed by atoms with E-state index in [1.807, 2.05) is 49.5 Å². The van der Waals surface area contributed by atoms with Gasteiger partial charge < -0.3 is 10.2 Å². The van der Waals surface area contributed by atoms with Gasteiger partial charge in [0.1, 0.15) is 5.69 Å². The molecule has 1 unspecified atom stereocenters. The van der Waals surface area contributed by atoms with E-state index < -0.39 is 0 Å². The van der Waals surface area contributed by atoms with Crippen LogP contribution in [0.5, 0.6) is 0 Å². The summed E-state index contributed by atoms with van der Waals surface area (Å²) in [4.78, 5) is 15.1. The maximum atomic E-state index is 12.7. The molecule has 1 saturated heterocycles. The Balaban J connectivity index is 1.43. The molecule has 4 rings (SSSR count). The van der Waals surface area contributed by atoms with Crippen molar-refractivity contribution in [3.8, 4) is 11.3 Å². The zero-order chi connectivity index (χ0) is 18.6. The number of aromatic nitrogens is 2. The summed E-state index contributed by atoms with van der Waals surface area (Å²) in [6, 6.07) is 22.5. The molecule has 5 heteroatoms. The number of carbonyl (C=O) groups is 1. The molecule has 1 aliphatic rings. The summed E-state index contributed by atoms with van der Waals surface area (Å²) in [6.07, 6.45) is 2.25. The lowest BCUT2D eigenvalue weighted by Crippen LogP contribution is -2.40. The molecule has 1 aliphatic heterocycles. The Morgan fingerprint density at radius 2 is 1.81 bits per heavy atom. The average molecular weight is 360 g/mol. The number of carbonyl (C=O) groups excluding carboxylic acids is 1. The minimum atomic E-state index is -0.0768. The molecule has 138 valence electrons. The Morgan fingerprint density at radius 3 is 2.56 bits per heavy atom. The van der Waals surface area contributed by atoms with Crippen LogP contribution in [0.2, 0.25) is 0 Å². The first-order valence-corrected chi connectivity index (χ1v) is 9.42. The topological polar surface area (TPSA) is 50.2 Å². The molecule has 0 bridgehead atoms. The van der Waals surface area contributed by atoms with Crippen molar-refractivity contribution in [3.63, 3.8) is 0 Å². The predicted octanol–water partition coefficient (Wildman–Crippen LogP) is 3.49. The standard InChI is InChI=1S/C22H24N4O/c1-25-21(15-20(24-25)17-9-4-2-5-10-17)22(27)23-16-19-13-8-14-26(19)18-11-6-3-7-12-18/h2-7,9-12,15,19H,8,13-14,16H2,1H3,(H,23,27). The number of aryl methyl sites for hydroxylation is 1. The van der Waals surface area contributed by atoms with Gasteiger partial charge in [0.2, 0.25) is 0 Å². The zero-order valence-electron chi connectivity index (χ0n) is 15.5. The van der Waals surface area contributed by atoms with Crippen molar-refractivity contribution in [1.29, 1.82) is 0 Å². The van der Waals surface area contributed by atoms with Gasteiger partial charge in [-0.15, -0.1) is 0 Å². The van der Waals surface area contributed by atoms with Crippen LogP contribution in [0, 0.1) is 0 Å².